The third kappa shape index (κ3) is 3.13. The molecule has 5 rings (SSSR count). The van der Waals surface area contributed by atoms with E-state index >= 15 is 0 Å². The Hall–Kier alpha value is -3.56. The van der Waals surface area contributed by atoms with Gasteiger partial charge < -0.3 is 4.90 Å². The molecule has 142 valence electrons. The van der Waals surface area contributed by atoms with Crippen molar-refractivity contribution < 1.29 is 0 Å². The molecule has 0 N–H and O–H groups in total. The number of fused-ring (bicyclic) bond motifs is 1. The highest BCUT2D eigenvalue weighted by Gasteiger charge is 2.22. The normalized spacial score (nSPS) is 15.4. The summed E-state index contributed by atoms with van der Waals surface area (Å²) in [5.74, 6) is 1.96. The van der Waals surface area contributed by atoms with Gasteiger partial charge in [0.15, 0.2) is 11.5 Å². The van der Waals surface area contributed by atoms with Crippen molar-refractivity contribution >= 4 is 11.5 Å². The van der Waals surface area contributed by atoms with Gasteiger partial charge in [-0.25, -0.2) is 9.36 Å². The fourth-order valence-electron chi connectivity index (χ4n) is 3.57. The van der Waals surface area contributed by atoms with E-state index in [-0.39, 0.29) is 5.56 Å². The second kappa shape index (κ2) is 6.87. The average Bonchev–Trinajstić information content (AvgIpc) is 3.41. The summed E-state index contributed by atoms with van der Waals surface area (Å²) in [4.78, 5) is 14.5. The van der Waals surface area contributed by atoms with Crippen LogP contribution in [0.5, 0.6) is 0 Å². The Morgan fingerprint density at radius 2 is 1.89 bits per heavy atom. The van der Waals surface area contributed by atoms with E-state index in [9.17, 15) is 4.79 Å². The van der Waals surface area contributed by atoms with E-state index in [4.69, 9.17) is 0 Å². The first-order chi connectivity index (χ1) is 13.8. The molecule has 0 bridgehead atoms. The van der Waals surface area contributed by atoms with Crippen LogP contribution in [0, 0.1) is 5.92 Å². The maximum absolute atomic E-state index is 12.2. The first-order valence-electron chi connectivity index (χ1n) is 9.26. The number of anilines is 1. The molecule has 0 atom stereocenters. The lowest BCUT2D eigenvalue weighted by molar-refractivity contribution is 0.333. The van der Waals surface area contributed by atoms with Gasteiger partial charge in [-0.15, -0.1) is 20.4 Å². The van der Waals surface area contributed by atoms with Gasteiger partial charge in [0.1, 0.15) is 12.1 Å². The summed E-state index contributed by atoms with van der Waals surface area (Å²) in [6.07, 6.45) is 7.06. The summed E-state index contributed by atoms with van der Waals surface area (Å²) in [6.45, 7) is 2.39. The van der Waals surface area contributed by atoms with Crippen molar-refractivity contribution in [1.29, 1.82) is 0 Å². The molecule has 1 aliphatic heterocycles. The topological polar surface area (TPSA) is 99.0 Å². The number of hydrogen-bond acceptors (Lipinski definition) is 7. The molecule has 28 heavy (non-hydrogen) atoms. The SMILES string of the molecule is O=c1ccc(-n2cccn2)nn1CC1CCN(c2ccc3nncn3n2)CC1. The molecule has 4 aromatic heterocycles. The molecule has 5 heterocycles. The number of aromatic nitrogens is 8. The fourth-order valence-corrected chi connectivity index (χ4v) is 3.57. The van der Waals surface area contributed by atoms with Crippen molar-refractivity contribution in [3.05, 3.63) is 59.4 Å². The Morgan fingerprint density at radius 3 is 2.71 bits per heavy atom. The van der Waals surface area contributed by atoms with E-state index in [0.29, 0.717) is 18.3 Å². The molecule has 0 aromatic carbocycles. The zero-order valence-corrected chi connectivity index (χ0v) is 15.2. The number of nitrogens with zero attached hydrogens (tertiary/aromatic N) is 9. The smallest absolute Gasteiger partial charge is 0.266 e. The number of rotatable bonds is 4. The Bertz CT molecular complexity index is 1140. The van der Waals surface area contributed by atoms with Crippen LogP contribution in [0.4, 0.5) is 5.82 Å². The van der Waals surface area contributed by atoms with Crippen molar-refractivity contribution in [2.75, 3.05) is 18.0 Å². The van der Waals surface area contributed by atoms with Gasteiger partial charge in [0, 0.05) is 38.1 Å². The monoisotopic (exact) mass is 377 g/mol. The Balaban J connectivity index is 1.27. The highest BCUT2D eigenvalue weighted by Crippen LogP contribution is 2.22. The summed E-state index contributed by atoms with van der Waals surface area (Å²) in [5, 5.41) is 21.1. The van der Waals surface area contributed by atoms with Crippen LogP contribution in [0.1, 0.15) is 12.8 Å². The van der Waals surface area contributed by atoms with Crippen molar-refractivity contribution in [3.63, 3.8) is 0 Å². The van der Waals surface area contributed by atoms with Crippen LogP contribution in [-0.2, 0) is 6.54 Å². The van der Waals surface area contributed by atoms with Gasteiger partial charge in [-0.05, 0) is 43.0 Å². The third-order valence-electron chi connectivity index (χ3n) is 5.11. The predicted molar refractivity (Wildman–Crippen MR) is 101 cm³/mol. The molecular weight excluding hydrogens is 358 g/mol. The standard InChI is InChI=1S/C18H19N9O/c28-18-5-4-17(25-9-1-8-20-25)23-26(18)12-14-6-10-24(11-7-14)16-3-2-15-21-19-13-27(15)22-16/h1-5,8-9,13-14H,6-7,10-12H2. The van der Waals surface area contributed by atoms with Crippen LogP contribution >= 0.6 is 0 Å². The van der Waals surface area contributed by atoms with Crippen molar-refractivity contribution in [3.8, 4) is 5.82 Å². The highest BCUT2D eigenvalue weighted by molar-refractivity contribution is 5.45. The molecule has 0 unspecified atom stereocenters. The maximum atomic E-state index is 12.2. The third-order valence-corrected chi connectivity index (χ3v) is 5.11. The van der Waals surface area contributed by atoms with Crippen molar-refractivity contribution in [2.24, 2.45) is 5.92 Å². The summed E-state index contributed by atoms with van der Waals surface area (Å²) in [5.41, 5.74) is 0.652. The molecule has 0 radical (unpaired) electrons. The van der Waals surface area contributed by atoms with Crippen LogP contribution in [0.25, 0.3) is 11.5 Å². The van der Waals surface area contributed by atoms with Crippen molar-refractivity contribution in [2.45, 2.75) is 19.4 Å². The summed E-state index contributed by atoms with van der Waals surface area (Å²) < 4.78 is 4.90. The Morgan fingerprint density at radius 1 is 1.04 bits per heavy atom. The molecule has 0 amide bonds. The van der Waals surface area contributed by atoms with E-state index in [2.05, 4.69) is 30.4 Å². The Kier molecular flexibility index (Phi) is 4.08. The van der Waals surface area contributed by atoms with Crippen LogP contribution in [0.2, 0.25) is 0 Å². The van der Waals surface area contributed by atoms with Crippen LogP contribution in [-0.4, -0.2) is 52.5 Å². The minimum absolute atomic E-state index is 0.0851. The molecule has 0 spiro atoms. The van der Waals surface area contributed by atoms with E-state index in [1.807, 2.05) is 24.4 Å². The van der Waals surface area contributed by atoms with Crippen LogP contribution in [0.3, 0.4) is 0 Å². The van der Waals surface area contributed by atoms with Gasteiger partial charge in [0.25, 0.3) is 5.56 Å². The molecule has 1 aliphatic rings. The zero-order chi connectivity index (χ0) is 18.9. The fraction of sp³-hybridized carbons (Fsp3) is 0.333. The lowest BCUT2D eigenvalue weighted by Crippen LogP contribution is -2.37. The molecule has 4 aromatic rings. The second-order valence-electron chi connectivity index (χ2n) is 6.92. The van der Waals surface area contributed by atoms with E-state index in [0.717, 1.165) is 37.4 Å². The number of hydrogen-bond donors (Lipinski definition) is 0. The van der Waals surface area contributed by atoms with Gasteiger partial charge in [-0.1, -0.05) is 0 Å². The lowest BCUT2D eigenvalue weighted by atomic mass is 9.97. The van der Waals surface area contributed by atoms with Crippen LogP contribution in [0.15, 0.2) is 53.8 Å². The quantitative estimate of drug-likeness (QED) is 0.518. The van der Waals surface area contributed by atoms with Gasteiger partial charge >= 0.3 is 0 Å². The lowest BCUT2D eigenvalue weighted by Gasteiger charge is -2.32. The van der Waals surface area contributed by atoms with Crippen molar-refractivity contribution in [1.82, 2.24) is 39.4 Å². The van der Waals surface area contributed by atoms with E-state index < -0.39 is 0 Å². The minimum atomic E-state index is -0.0851. The summed E-state index contributed by atoms with van der Waals surface area (Å²) >= 11 is 0. The summed E-state index contributed by atoms with van der Waals surface area (Å²) in [7, 11) is 0. The summed E-state index contributed by atoms with van der Waals surface area (Å²) in [6, 6.07) is 8.98. The molecule has 0 aliphatic carbocycles. The van der Waals surface area contributed by atoms with E-state index in [1.54, 1.807) is 38.5 Å². The average molecular weight is 377 g/mol. The van der Waals surface area contributed by atoms with Gasteiger partial charge in [0.2, 0.25) is 0 Å². The first-order valence-corrected chi connectivity index (χ1v) is 9.26. The van der Waals surface area contributed by atoms with Gasteiger partial charge in [-0.2, -0.15) is 9.61 Å². The number of piperidine rings is 1. The maximum Gasteiger partial charge on any atom is 0.266 e. The minimum Gasteiger partial charge on any atom is -0.355 e. The molecule has 1 saturated heterocycles. The second-order valence-corrected chi connectivity index (χ2v) is 6.92. The predicted octanol–water partition coefficient (Wildman–Crippen LogP) is 0.783. The molecular formula is C18H19N9O. The molecule has 1 fully saturated rings. The molecule has 0 saturated carbocycles. The first kappa shape index (κ1) is 16.6. The Labute approximate surface area is 160 Å². The van der Waals surface area contributed by atoms with Gasteiger partial charge in [0.05, 0.1) is 0 Å². The zero-order valence-electron chi connectivity index (χ0n) is 15.2. The van der Waals surface area contributed by atoms with Gasteiger partial charge in [-0.3, -0.25) is 4.79 Å². The largest absolute Gasteiger partial charge is 0.355 e. The highest BCUT2D eigenvalue weighted by atomic mass is 16.1. The molecule has 10 heteroatoms. The van der Waals surface area contributed by atoms with Crippen LogP contribution < -0.4 is 10.5 Å². The van der Waals surface area contributed by atoms with E-state index in [1.165, 1.54) is 0 Å². The molecule has 10 nitrogen and oxygen atoms in total.